The lowest BCUT2D eigenvalue weighted by atomic mass is 10.00. The van der Waals surface area contributed by atoms with Crippen LogP contribution in [0.3, 0.4) is 0 Å². The van der Waals surface area contributed by atoms with Gasteiger partial charge in [0.1, 0.15) is 0 Å². The smallest absolute Gasteiger partial charge is 0.227 e. The predicted molar refractivity (Wildman–Crippen MR) is 63.4 cm³/mol. The molecule has 1 unspecified atom stereocenters. The van der Waals surface area contributed by atoms with Crippen LogP contribution < -0.4 is 5.73 Å². The Morgan fingerprint density at radius 3 is 2.24 bits per heavy atom. The van der Waals surface area contributed by atoms with Crippen LogP contribution in [0.15, 0.2) is 29.2 Å². The number of primary amides is 1. The van der Waals surface area contributed by atoms with Crippen molar-refractivity contribution in [2.45, 2.75) is 10.8 Å². The van der Waals surface area contributed by atoms with Gasteiger partial charge in [0.25, 0.3) is 0 Å². The molecule has 2 N–H and O–H groups in total. The third kappa shape index (κ3) is 3.54. The fraction of sp³-hybridized carbons (Fsp3) is 0.364. The van der Waals surface area contributed by atoms with E-state index < -0.39 is 21.7 Å². The Morgan fingerprint density at radius 2 is 1.88 bits per heavy atom. The lowest BCUT2D eigenvalue weighted by molar-refractivity contribution is -0.120. The molecule has 1 amide bonds. The molecule has 0 spiro atoms. The van der Waals surface area contributed by atoms with E-state index in [1.54, 1.807) is 12.1 Å². The largest absolute Gasteiger partial charge is 0.384 e. The fourth-order valence-corrected chi connectivity index (χ4v) is 2.09. The van der Waals surface area contributed by atoms with Gasteiger partial charge >= 0.3 is 0 Å². The second-order valence-electron chi connectivity index (χ2n) is 3.75. The third-order valence-corrected chi connectivity index (χ3v) is 3.52. The average molecular weight is 257 g/mol. The number of hydrogen-bond acceptors (Lipinski definition) is 4. The minimum Gasteiger partial charge on any atom is -0.384 e. The first kappa shape index (κ1) is 13.7. The molecule has 94 valence electrons. The van der Waals surface area contributed by atoms with Crippen LogP contribution in [0.1, 0.15) is 11.5 Å². The summed E-state index contributed by atoms with van der Waals surface area (Å²) in [6, 6.07) is 6.06. The van der Waals surface area contributed by atoms with Gasteiger partial charge in [0, 0.05) is 13.4 Å². The van der Waals surface area contributed by atoms with E-state index in [1.165, 1.54) is 19.2 Å². The average Bonchev–Trinajstić information content (AvgIpc) is 2.24. The van der Waals surface area contributed by atoms with Gasteiger partial charge in [0.15, 0.2) is 9.84 Å². The maximum atomic E-state index is 11.3. The van der Waals surface area contributed by atoms with Crippen LogP contribution in [-0.4, -0.2) is 34.3 Å². The van der Waals surface area contributed by atoms with Crippen LogP contribution >= 0.6 is 0 Å². The topological polar surface area (TPSA) is 86.5 Å². The Balaban J connectivity index is 3.04. The van der Waals surface area contributed by atoms with E-state index in [4.69, 9.17) is 10.5 Å². The molecule has 6 heteroatoms. The van der Waals surface area contributed by atoms with Crippen LogP contribution in [0.25, 0.3) is 0 Å². The van der Waals surface area contributed by atoms with Crippen molar-refractivity contribution in [3.05, 3.63) is 29.8 Å². The summed E-state index contributed by atoms with van der Waals surface area (Å²) < 4.78 is 27.4. The molecular formula is C11H15NO4S. The number of hydrogen-bond donors (Lipinski definition) is 1. The zero-order chi connectivity index (χ0) is 13.1. The summed E-state index contributed by atoms with van der Waals surface area (Å²) in [5, 5.41) is 0. The highest BCUT2D eigenvalue weighted by Crippen LogP contribution is 2.18. The second-order valence-corrected chi connectivity index (χ2v) is 5.77. The highest BCUT2D eigenvalue weighted by atomic mass is 32.2. The fourth-order valence-electron chi connectivity index (χ4n) is 1.46. The van der Waals surface area contributed by atoms with Gasteiger partial charge in [-0.3, -0.25) is 4.79 Å². The Morgan fingerprint density at radius 1 is 1.35 bits per heavy atom. The summed E-state index contributed by atoms with van der Waals surface area (Å²) >= 11 is 0. The first-order valence-corrected chi connectivity index (χ1v) is 6.83. The molecule has 0 bridgehead atoms. The van der Waals surface area contributed by atoms with Crippen LogP contribution in [0.5, 0.6) is 0 Å². The van der Waals surface area contributed by atoms with Crippen molar-refractivity contribution in [3.8, 4) is 0 Å². The number of amides is 1. The monoisotopic (exact) mass is 257 g/mol. The molecule has 1 rings (SSSR count). The molecule has 0 radical (unpaired) electrons. The minimum atomic E-state index is -3.23. The molecular weight excluding hydrogens is 242 g/mol. The molecule has 0 aliphatic heterocycles. The van der Waals surface area contributed by atoms with E-state index in [2.05, 4.69) is 0 Å². The standard InChI is InChI=1S/C11H15NO4S/c1-16-7-10(11(12)13)8-3-5-9(6-4-8)17(2,14)15/h3-6,10H,7H2,1-2H3,(H2,12,13). The number of carbonyl (C=O) groups is 1. The van der Waals surface area contributed by atoms with Crippen molar-refractivity contribution in [2.24, 2.45) is 5.73 Å². The normalized spacial score (nSPS) is 13.3. The van der Waals surface area contributed by atoms with Crippen molar-refractivity contribution in [3.63, 3.8) is 0 Å². The SMILES string of the molecule is COCC(C(N)=O)c1ccc(S(C)(=O)=O)cc1. The Bertz CT molecular complexity index is 493. The number of methoxy groups -OCH3 is 1. The van der Waals surface area contributed by atoms with Gasteiger partial charge in [0.2, 0.25) is 5.91 Å². The van der Waals surface area contributed by atoms with E-state index in [0.717, 1.165) is 6.26 Å². The molecule has 1 aromatic carbocycles. The second kappa shape index (κ2) is 5.29. The van der Waals surface area contributed by atoms with Crippen LogP contribution in [0, 0.1) is 0 Å². The number of sulfone groups is 1. The molecule has 0 saturated carbocycles. The summed E-state index contributed by atoms with van der Waals surface area (Å²) in [6.07, 6.45) is 1.13. The van der Waals surface area contributed by atoms with Crippen molar-refractivity contribution >= 4 is 15.7 Å². The van der Waals surface area contributed by atoms with Crippen molar-refractivity contribution in [1.29, 1.82) is 0 Å². The molecule has 1 aromatic rings. The van der Waals surface area contributed by atoms with E-state index in [-0.39, 0.29) is 11.5 Å². The highest BCUT2D eigenvalue weighted by molar-refractivity contribution is 7.90. The molecule has 0 saturated heterocycles. The van der Waals surface area contributed by atoms with Crippen molar-refractivity contribution in [2.75, 3.05) is 20.0 Å². The Hall–Kier alpha value is -1.40. The maximum Gasteiger partial charge on any atom is 0.227 e. The van der Waals surface area contributed by atoms with Gasteiger partial charge < -0.3 is 10.5 Å². The quantitative estimate of drug-likeness (QED) is 0.822. The molecule has 1 atom stereocenters. The molecule has 0 aromatic heterocycles. The lowest BCUT2D eigenvalue weighted by Gasteiger charge is -2.12. The number of ether oxygens (including phenoxy) is 1. The molecule has 5 nitrogen and oxygen atoms in total. The van der Waals surface area contributed by atoms with Gasteiger partial charge in [-0.05, 0) is 17.7 Å². The van der Waals surface area contributed by atoms with E-state index in [0.29, 0.717) is 5.56 Å². The van der Waals surface area contributed by atoms with Crippen molar-refractivity contribution < 1.29 is 17.9 Å². The first-order chi connectivity index (χ1) is 7.86. The number of rotatable bonds is 5. The van der Waals surface area contributed by atoms with Gasteiger partial charge in [-0.1, -0.05) is 12.1 Å². The van der Waals surface area contributed by atoms with Crippen molar-refractivity contribution in [1.82, 2.24) is 0 Å². The van der Waals surface area contributed by atoms with Gasteiger partial charge in [0.05, 0.1) is 17.4 Å². The van der Waals surface area contributed by atoms with Gasteiger partial charge in [-0.2, -0.15) is 0 Å². The lowest BCUT2D eigenvalue weighted by Crippen LogP contribution is -2.25. The first-order valence-electron chi connectivity index (χ1n) is 4.94. The number of carbonyl (C=O) groups excluding carboxylic acids is 1. The Labute approximate surface area is 100 Å². The summed E-state index contributed by atoms with van der Waals surface area (Å²) in [6.45, 7) is 0.174. The minimum absolute atomic E-state index is 0.174. The zero-order valence-electron chi connectivity index (χ0n) is 9.71. The predicted octanol–water partition coefficient (Wildman–Crippen LogP) is 0.305. The number of benzene rings is 1. The summed E-state index contributed by atoms with van der Waals surface area (Å²) in [7, 11) is -1.75. The summed E-state index contributed by atoms with van der Waals surface area (Å²) in [5.74, 6) is -1.06. The zero-order valence-corrected chi connectivity index (χ0v) is 10.5. The molecule has 0 aliphatic rings. The third-order valence-electron chi connectivity index (χ3n) is 2.39. The van der Waals surface area contributed by atoms with Crippen LogP contribution in [0.4, 0.5) is 0 Å². The van der Waals surface area contributed by atoms with Gasteiger partial charge in [-0.25, -0.2) is 8.42 Å². The molecule has 0 heterocycles. The van der Waals surface area contributed by atoms with Gasteiger partial charge in [-0.15, -0.1) is 0 Å². The summed E-state index contributed by atoms with van der Waals surface area (Å²) in [5.41, 5.74) is 5.89. The van der Waals surface area contributed by atoms with Crippen LogP contribution in [0.2, 0.25) is 0 Å². The number of nitrogens with two attached hydrogens (primary N) is 1. The maximum absolute atomic E-state index is 11.3. The molecule has 0 fully saturated rings. The highest BCUT2D eigenvalue weighted by Gasteiger charge is 2.18. The van der Waals surface area contributed by atoms with E-state index >= 15 is 0 Å². The Kier molecular flexibility index (Phi) is 4.25. The summed E-state index contributed by atoms with van der Waals surface area (Å²) in [4.78, 5) is 11.4. The van der Waals surface area contributed by atoms with Crippen LogP contribution in [-0.2, 0) is 19.4 Å². The molecule has 17 heavy (non-hydrogen) atoms. The van der Waals surface area contributed by atoms with E-state index in [1.807, 2.05) is 0 Å². The molecule has 0 aliphatic carbocycles. The van der Waals surface area contributed by atoms with E-state index in [9.17, 15) is 13.2 Å².